The van der Waals surface area contributed by atoms with Gasteiger partial charge in [-0.25, -0.2) is 0 Å². The summed E-state index contributed by atoms with van der Waals surface area (Å²) in [6.45, 7) is 2.28. The summed E-state index contributed by atoms with van der Waals surface area (Å²) < 4.78 is 0. The first-order chi connectivity index (χ1) is 9.90. The third-order valence-electron chi connectivity index (χ3n) is 3.22. The molecule has 0 saturated heterocycles. The molecule has 0 aliphatic carbocycles. The highest BCUT2D eigenvalue weighted by molar-refractivity contribution is 8.57. The summed E-state index contributed by atoms with van der Waals surface area (Å²) in [5.74, 6) is 0. The SMILES string of the molecule is CCCCCCP(Sc1ccccc1)c1ccccc1. The summed E-state index contributed by atoms with van der Waals surface area (Å²) >= 11 is 2.06. The summed E-state index contributed by atoms with van der Waals surface area (Å²) in [7, 11) is -0.132. The molecule has 0 radical (unpaired) electrons. The molecule has 1 unspecified atom stereocenters. The van der Waals surface area contributed by atoms with Crippen LogP contribution in [0.3, 0.4) is 0 Å². The molecule has 0 amide bonds. The van der Waals surface area contributed by atoms with Gasteiger partial charge in [-0.05, 0) is 37.1 Å². The van der Waals surface area contributed by atoms with Gasteiger partial charge in [-0.3, -0.25) is 0 Å². The van der Waals surface area contributed by atoms with Gasteiger partial charge in [0.25, 0.3) is 0 Å². The van der Waals surface area contributed by atoms with Crippen LogP contribution in [-0.4, -0.2) is 6.16 Å². The normalized spacial score (nSPS) is 12.2. The Balaban J connectivity index is 2.00. The lowest BCUT2D eigenvalue weighted by Crippen LogP contribution is -2.00. The first-order valence-electron chi connectivity index (χ1n) is 7.46. The maximum atomic E-state index is 2.29. The van der Waals surface area contributed by atoms with Crippen LogP contribution in [-0.2, 0) is 0 Å². The van der Waals surface area contributed by atoms with Gasteiger partial charge in [0.05, 0.1) is 0 Å². The van der Waals surface area contributed by atoms with E-state index in [1.54, 1.807) is 0 Å². The van der Waals surface area contributed by atoms with Crippen molar-refractivity contribution < 1.29 is 0 Å². The highest BCUT2D eigenvalue weighted by atomic mass is 32.7. The minimum atomic E-state index is -0.132. The fourth-order valence-electron chi connectivity index (χ4n) is 2.11. The molecule has 0 saturated carbocycles. The predicted molar refractivity (Wildman–Crippen MR) is 94.3 cm³/mol. The first-order valence-corrected chi connectivity index (χ1v) is 10.4. The molecule has 0 aromatic heterocycles. The summed E-state index contributed by atoms with van der Waals surface area (Å²) in [5.41, 5.74) is 0. The Kier molecular flexibility index (Phi) is 7.19. The summed E-state index contributed by atoms with van der Waals surface area (Å²) in [6.07, 6.45) is 6.74. The highest BCUT2D eigenvalue weighted by Gasteiger charge is 2.12. The van der Waals surface area contributed by atoms with Gasteiger partial charge in [0.1, 0.15) is 0 Å². The molecule has 0 spiro atoms. The van der Waals surface area contributed by atoms with Gasteiger partial charge in [0.2, 0.25) is 0 Å². The number of hydrogen-bond acceptors (Lipinski definition) is 1. The Hall–Kier alpha value is -0.780. The fourth-order valence-corrected chi connectivity index (χ4v) is 6.59. The van der Waals surface area contributed by atoms with Crippen molar-refractivity contribution in [3.63, 3.8) is 0 Å². The molecule has 0 aliphatic heterocycles. The van der Waals surface area contributed by atoms with E-state index in [1.165, 1.54) is 42.0 Å². The topological polar surface area (TPSA) is 0 Å². The Morgan fingerprint density at radius 2 is 1.45 bits per heavy atom. The molecule has 0 fully saturated rings. The average Bonchev–Trinajstić information content (AvgIpc) is 2.52. The van der Waals surface area contributed by atoms with Gasteiger partial charge in [-0.1, -0.05) is 86.1 Å². The highest BCUT2D eigenvalue weighted by Crippen LogP contribution is 2.53. The van der Waals surface area contributed by atoms with Crippen LogP contribution in [0.15, 0.2) is 65.6 Å². The smallest absolute Gasteiger partial charge is 0.0119 e. The minimum absolute atomic E-state index is 0.132. The molecule has 0 heterocycles. The number of rotatable bonds is 8. The zero-order valence-electron chi connectivity index (χ0n) is 12.2. The molecule has 1 atom stereocenters. The van der Waals surface area contributed by atoms with Crippen LogP contribution in [0.4, 0.5) is 0 Å². The first kappa shape index (κ1) is 15.6. The fraction of sp³-hybridized carbons (Fsp3) is 0.333. The van der Waals surface area contributed by atoms with Crippen molar-refractivity contribution in [3.8, 4) is 0 Å². The van der Waals surface area contributed by atoms with Crippen LogP contribution in [0.25, 0.3) is 0 Å². The standard InChI is InChI=1S/C18H23PS/c1-2-3-4-11-16-19(17-12-7-5-8-13-17)20-18-14-9-6-10-15-18/h5-10,12-15H,2-4,11,16H2,1H3. The second-order valence-electron chi connectivity index (χ2n) is 4.90. The maximum Gasteiger partial charge on any atom is 0.0119 e. The third-order valence-corrected chi connectivity index (χ3v) is 7.99. The zero-order chi connectivity index (χ0) is 14.0. The Labute approximate surface area is 128 Å². The molecule has 2 aromatic rings. The predicted octanol–water partition coefficient (Wildman–Crippen LogP) is 6.08. The van der Waals surface area contributed by atoms with E-state index in [4.69, 9.17) is 0 Å². The third kappa shape index (κ3) is 5.31. The van der Waals surface area contributed by atoms with Gasteiger partial charge in [0, 0.05) is 4.90 Å². The second kappa shape index (κ2) is 9.21. The van der Waals surface area contributed by atoms with Gasteiger partial charge in [0.15, 0.2) is 0 Å². The molecule has 0 nitrogen and oxygen atoms in total. The molecule has 2 heteroatoms. The number of hydrogen-bond donors (Lipinski definition) is 0. The van der Waals surface area contributed by atoms with E-state index in [2.05, 4.69) is 79.0 Å². The van der Waals surface area contributed by atoms with Crippen molar-refractivity contribution in [2.45, 2.75) is 37.5 Å². The van der Waals surface area contributed by atoms with Crippen molar-refractivity contribution in [1.29, 1.82) is 0 Å². The van der Waals surface area contributed by atoms with E-state index in [0.717, 1.165) is 0 Å². The van der Waals surface area contributed by atoms with E-state index in [9.17, 15) is 0 Å². The molecular formula is C18H23PS. The van der Waals surface area contributed by atoms with Crippen molar-refractivity contribution in [2.75, 3.05) is 6.16 Å². The molecular weight excluding hydrogens is 279 g/mol. The van der Waals surface area contributed by atoms with Gasteiger partial charge < -0.3 is 0 Å². The zero-order valence-corrected chi connectivity index (χ0v) is 13.9. The van der Waals surface area contributed by atoms with Gasteiger partial charge >= 0.3 is 0 Å². The summed E-state index contributed by atoms with van der Waals surface area (Å²) in [6, 6.07) is 21.9. The van der Waals surface area contributed by atoms with Crippen molar-refractivity contribution >= 4 is 23.8 Å². The van der Waals surface area contributed by atoms with E-state index in [-0.39, 0.29) is 7.12 Å². The van der Waals surface area contributed by atoms with Crippen molar-refractivity contribution in [1.82, 2.24) is 0 Å². The van der Waals surface area contributed by atoms with Crippen molar-refractivity contribution in [2.24, 2.45) is 0 Å². The quantitative estimate of drug-likeness (QED) is 0.420. The Morgan fingerprint density at radius 1 is 0.800 bits per heavy atom. The van der Waals surface area contributed by atoms with Crippen molar-refractivity contribution in [3.05, 3.63) is 60.7 Å². The van der Waals surface area contributed by atoms with Gasteiger partial charge in [-0.2, -0.15) is 0 Å². The Morgan fingerprint density at radius 3 is 2.10 bits per heavy atom. The lowest BCUT2D eigenvalue weighted by Gasteiger charge is -2.17. The van der Waals surface area contributed by atoms with E-state index in [1.807, 2.05) is 0 Å². The average molecular weight is 302 g/mol. The molecule has 0 bridgehead atoms. The van der Waals surface area contributed by atoms with Crippen LogP contribution in [0.1, 0.15) is 32.6 Å². The van der Waals surface area contributed by atoms with E-state index < -0.39 is 0 Å². The molecule has 0 N–H and O–H groups in total. The van der Waals surface area contributed by atoms with Crippen LogP contribution >= 0.6 is 18.5 Å². The van der Waals surface area contributed by atoms with Crippen LogP contribution in [0.5, 0.6) is 0 Å². The monoisotopic (exact) mass is 302 g/mol. The molecule has 20 heavy (non-hydrogen) atoms. The summed E-state index contributed by atoms with van der Waals surface area (Å²) in [4.78, 5) is 1.40. The minimum Gasteiger partial charge on any atom is -0.0937 e. The Bertz CT molecular complexity index is 469. The lowest BCUT2D eigenvalue weighted by molar-refractivity contribution is 0.706. The van der Waals surface area contributed by atoms with Crippen LogP contribution < -0.4 is 5.30 Å². The molecule has 2 rings (SSSR count). The second-order valence-corrected chi connectivity index (χ2v) is 9.15. The van der Waals surface area contributed by atoms with Crippen LogP contribution in [0, 0.1) is 0 Å². The summed E-state index contributed by atoms with van der Waals surface area (Å²) in [5, 5.41) is 1.52. The lowest BCUT2D eigenvalue weighted by atomic mass is 10.2. The van der Waals surface area contributed by atoms with E-state index >= 15 is 0 Å². The number of unbranched alkanes of at least 4 members (excludes halogenated alkanes) is 3. The van der Waals surface area contributed by atoms with Crippen LogP contribution in [0.2, 0.25) is 0 Å². The molecule has 106 valence electrons. The number of benzene rings is 2. The molecule has 2 aromatic carbocycles. The maximum absolute atomic E-state index is 2.29. The largest absolute Gasteiger partial charge is 0.0937 e. The van der Waals surface area contributed by atoms with Gasteiger partial charge in [-0.15, -0.1) is 0 Å². The molecule has 0 aliphatic rings. The van der Waals surface area contributed by atoms with E-state index in [0.29, 0.717) is 0 Å².